The molecule has 1 amide bonds. The molecule has 1 saturated heterocycles. The average Bonchev–Trinajstić information content (AvgIpc) is 3.19. The number of carbonyl (C=O) groups is 2. The van der Waals surface area contributed by atoms with E-state index in [9.17, 15) is 9.59 Å². The van der Waals surface area contributed by atoms with Crippen LogP contribution in [-0.4, -0.2) is 35.2 Å². The smallest absolute Gasteiger partial charge is 0.250 e. The van der Waals surface area contributed by atoms with E-state index >= 15 is 0 Å². The summed E-state index contributed by atoms with van der Waals surface area (Å²) in [5, 5.41) is 0.625. The number of ketones is 1. The van der Waals surface area contributed by atoms with Crippen molar-refractivity contribution in [3.63, 3.8) is 0 Å². The first kappa shape index (κ1) is 17.3. The molecule has 1 N–H and O–H groups in total. The summed E-state index contributed by atoms with van der Waals surface area (Å²) >= 11 is 6.53. The van der Waals surface area contributed by atoms with Crippen LogP contribution in [0.25, 0.3) is 6.08 Å². The molecule has 1 aromatic carbocycles. The highest BCUT2D eigenvalue weighted by Gasteiger charge is 2.68. The van der Waals surface area contributed by atoms with Crippen molar-refractivity contribution in [2.75, 3.05) is 13.7 Å². The first-order valence-corrected chi connectivity index (χ1v) is 9.62. The van der Waals surface area contributed by atoms with Gasteiger partial charge in [-0.15, -0.1) is 0 Å². The topological polar surface area (TPSA) is 62.4 Å². The fourth-order valence-electron chi connectivity index (χ4n) is 4.65. The van der Waals surface area contributed by atoms with Crippen LogP contribution in [0.2, 0.25) is 5.02 Å². The monoisotopic (exact) mass is 394 g/mol. The van der Waals surface area contributed by atoms with E-state index < -0.39 is 0 Å². The average molecular weight is 395 g/mol. The molecule has 1 saturated carbocycles. The third-order valence-corrected chi connectivity index (χ3v) is 6.60. The van der Waals surface area contributed by atoms with E-state index in [-0.39, 0.29) is 17.1 Å². The van der Waals surface area contributed by atoms with Crippen molar-refractivity contribution in [3.05, 3.63) is 69.7 Å². The molecule has 5 nitrogen and oxygen atoms in total. The number of piperidine rings is 1. The van der Waals surface area contributed by atoms with Gasteiger partial charge in [-0.3, -0.25) is 9.59 Å². The maximum atomic E-state index is 12.9. The van der Waals surface area contributed by atoms with Crippen molar-refractivity contribution in [1.82, 2.24) is 9.88 Å². The molecule has 5 rings (SSSR count). The number of aryl methyl sites for hydroxylation is 1. The standard InChI is InChI=1S/C22H19ClN2O3/c1-12-20(23)19-21(24-12)16(26)9-17-22(19)10-14(22)11-25(17)18(27)8-5-13-3-6-15(28-2)7-4-13/h3-9,14,24H,10-11H2,1-2H3/b8-5+/t14-,22+/m1/s1. The Morgan fingerprint density at radius 3 is 2.82 bits per heavy atom. The van der Waals surface area contributed by atoms with Gasteiger partial charge in [0.15, 0.2) is 0 Å². The SMILES string of the molecule is COc1ccc(/C=C/C(=O)N2C[C@H]3C[C@@]34C2=CC(=O)c2[nH]c(C)c(Cl)c24)cc1. The van der Waals surface area contributed by atoms with Gasteiger partial charge in [-0.05, 0) is 43.0 Å². The quantitative estimate of drug-likeness (QED) is 0.803. The Hall–Kier alpha value is -2.79. The van der Waals surface area contributed by atoms with E-state index in [0.29, 0.717) is 23.2 Å². The maximum absolute atomic E-state index is 12.9. The molecular formula is C22H19ClN2O3. The highest BCUT2D eigenvalue weighted by molar-refractivity contribution is 6.33. The Bertz CT molecular complexity index is 1080. The molecule has 0 unspecified atom stereocenters. The number of allylic oxidation sites excluding steroid dienone is 2. The van der Waals surface area contributed by atoms with E-state index in [1.165, 1.54) is 0 Å². The zero-order valence-electron chi connectivity index (χ0n) is 15.6. The molecule has 2 aliphatic carbocycles. The molecule has 0 radical (unpaired) electrons. The number of rotatable bonds is 3. The van der Waals surface area contributed by atoms with Crippen LogP contribution in [0.3, 0.4) is 0 Å². The number of nitrogens with one attached hydrogen (secondary N) is 1. The predicted octanol–water partition coefficient (Wildman–Crippen LogP) is 3.88. The summed E-state index contributed by atoms with van der Waals surface area (Å²) in [6, 6.07) is 7.49. The van der Waals surface area contributed by atoms with Crippen LogP contribution >= 0.6 is 11.6 Å². The van der Waals surface area contributed by atoms with E-state index in [0.717, 1.165) is 34.7 Å². The number of aromatic amines is 1. The van der Waals surface area contributed by atoms with Gasteiger partial charge in [0.25, 0.3) is 5.91 Å². The Morgan fingerprint density at radius 1 is 1.36 bits per heavy atom. The van der Waals surface area contributed by atoms with Crippen molar-refractivity contribution in [3.8, 4) is 5.75 Å². The third kappa shape index (κ3) is 2.26. The van der Waals surface area contributed by atoms with Crippen LogP contribution in [0.4, 0.5) is 0 Å². The number of likely N-dealkylation sites (tertiary alicyclic amines) is 1. The molecular weight excluding hydrogens is 376 g/mol. The molecule has 2 heterocycles. The number of ether oxygens (including phenoxy) is 1. The Labute approximate surface area is 167 Å². The number of halogens is 1. The van der Waals surface area contributed by atoms with Gasteiger partial charge in [0.2, 0.25) is 5.78 Å². The Balaban J connectivity index is 1.44. The van der Waals surface area contributed by atoms with Crippen LogP contribution in [0.1, 0.15) is 33.7 Å². The van der Waals surface area contributed by atoms with Crippen LogP contribution in [0.5, 0.6) is 5.75 Å². The zero-order chi connectivity index (χ0) is 19.6. The fraction of sp³-hybridized carbons (Fsp3) is 0.273. The highest BCUT2D eigenvalue weighted by atomic mass is 35.5. The second-order valence-electron chi connectivity index (χ2n) is 7.64. The normalized spacial score (nSPS) is 24.7. The number of carbonyl (C=O) groups excluding carboxylic acids is 2. The molecule has 2 atom stereocenters. The van der Waals surface area contributed by atoms with Gasteiger partial charge in [-0.1, -0.05) is 23.7 Å². The lowest BCUT2D eigenvalue weighted by Gasteiger charge is -2.27. The number of amides is 1. The molecule has 2 fully saturated rings. The Morgan fingerprint density at radius 2 is 2.11 bits per heavy atom. The van der Waals surface area contributed by atoms with E-state index in [4.69, 9.17) is 16.3 Å². The van der Waals surface area contributed by atoms with Crippen LogP contribution in [0.15, 0.2) is 42.1 Å². The molecule has 1 spiro atoms. The fourth-order valence-corrected chi connectivity index (χ4v) is 4.96. The lowest BCUT2D eigenvalue weighted by molar-refractivity contribution is -0.123. The zero-order valence-corrected chi connectivity index (χ0v) is 16.3. The molecule has 2 aromatic rings. The van der Waals surface area contributed by atoms with Gasteiger partial charge in [-0.25, -0.2) is 0 Å². The minimum Gasteiger partial charge on any atom is -0.497 e. The number of hydrogen-bond donors (Lipinski definition) is 1. The molecule has 28 heavy (non-hydrogen) atoms. The first-order chi connectivity index (χ1) is 13.5. The summed E-state index contributed by atoms with van der Waals surface area (Å²) in [7, 11) is 1.62. The summed E-state index contributed by atoms with van der Waals surface area (Å²) in [4.78, 5) is 30.4. The van der Waals surface area contributed by atoms with Crippen molar-refractivity contribution in [2.24, 2.45) is 5.92 Å². The molecule has 0 bridgehead atoms. The molecule has 6 heteroatoms. The third-order valence-electron chi connectivity index (χ3n) is 6.13. The number of H-pyrrole nitrogens is 1. The maximum Gasteiger partial charge on any atom is 0.250 e. The second kappa shape index (κ2) is 5.85. The number of benzene rings is 1. The summed E-state index contributed by atoms with van der Waals surface area (Å²) in [6.45, 7) is 2.49. The number of aromatic nitrogens is 1. The first-order valence-electron chi connectivity index (χ1n) is 9.24. The second-order valence-corrected chi connectivity index (χ2v) is 8.01. The van der Waals surface area contributed by atoms with Crippen LogP contribution in [-0.2, 0) is 10.2 Å². The highest BCUT2D eigenvalue weighted by Crippen LogP contribution is 2.68. The number of hydrogen-bond acceptors (Lipinski definition) is 3. The van der Waals surface area contributed by atoms with Gasteiger partial charge in [0.1, 0.15) is 5.75 Å². The van der Waals surface area contributed by atoms with Crippen molar-refractivity contribution >= 4 is 29.4 Å². The number of methoxy groups -OCH3 is 1. The lowest BCUT2D eigenvalue weighted by Crippen LogP contribution is -2.32. The van der Waals surface area contributed by atoms with Crippen molar-refractivity contribution < 1.29 is 14.3 Å². The largest absolute Gasteiger partial charge is 0.497 e. The van der Waals surface area contributed by atoms with Gasteiger partial charge >= 0.3 is 0 Å². The Kier molecular flexibility index (Phi) is 3.62. The lowest BCUT2D eigenvalue weighted by atomic mass is 9.85. The minimum atomic E-state index is -0.283. The van der Waals surface area contributed by atoms with E-state index in [1.807, 2.05) is 31.2 Å². The van der Waals surface area contributed by atoms with Crippen LogP contribution in [0, 0.1) is 12.8 Å². The minimum absolute atomic E-state index is 0.116. The summed E-state index contributed by atoms with van der Waals surface area (Å²) < 4.78 is 5.15. The predicted molar refractivity (Wildman–Crippen MR) is 106 cm³/mol. The number of nitrogens with zero attached hydrogens (tertiary/aromatic N) is 1. The van der Waals surface area contributed by atoms with Gasteiger partial charge in [0.05, 0.1) is 17.8 Å². The summed E-state index contributed by atoms with van der Waals surface area (Å²) in [5.41, 5.74) is 3.69. The molecule has 1 aliphatic heterocycles. The molecule has 3 aliphatic rings. The molecule has 142 valence electrons. The van der Waals surface area contributed by atoms with Crippen molar-refractivity contribution in [2.45, 2.75) is 18.8 Å². The van der Waals surface area contributed by atoms with E-state index in [1.54, 1.807) is 30.2 Å². The number of fused-ring (bicyclic) bond motifs is 1. The van der Waals surface area contributed by atoms with E-state index in [2.05, 4.69) is 4.98 Å². The molecule has 1 aromatic heterocycles. The van der Waals surface area contributed by atoms with Gasteiger partial charge < -0.3 is 14.6 Å². The summed E-state index contributed by atoms with van der Waals surface area (Å²) in [6.07, 6.45) is 5.89. The summed E-state index contributed by atoms with van der Waals surface area (Å²) in [5.74, 6) is 0.852. The van der Waals surface area contributed by atoms with Gasteiger partial charge in [0, 0.05) is 41.1 Å². The van der Waals surface area contributed by atoms with Gasteiger partial charge in [-0.2, -0.15) is 0 Å². The van der Waals surface area contributed by atoms with Crippen LogP contribution < -0.4 is 4.74 Å². The van der Waals surface area contributed by atoms with Crippen molar-refractivity contribution in [1.29, 1.82) is 0 Å².